The van der Waals surface area contributed by atoms with E-state index in [1.807, 2.05) is 19.9 Å². The highest BCUT2D eigenvalue weighted by molar-refractivity contribution is 6.99. The van der Waals surface area contributed by atoms with Gasteiger partial charge in [0.1, 0.15) is 0 Å². The summed E-state index contributed by atoms with van der Waals surface area (Å²) in [6.07, 6.45) is 1.77. The van der Waals surface area contributed by atoms with Crippen molar-refractivity contribution in [3.8, 4) is 5.82 Å². The Kier molecular flexibility index (Phi) is 3.64. The summed E-state index contributed by atoms with van der Waals surface area (Å²) in [6, 6.07) is 5.26. The van der Waals surface area contributed by atoms with Crippen molar-refractivity contribution >= 4 is 17.5 Å². The van der Waals surface area contributed by atoms with Gasteiger partial charge in [-0.25, -0.2) is 9.36 Å². The molecule has 0 spiro atoms. The molecule has 24 heavy (non-hydrogen) atoms. The van der Waals surface area contributed by atoms with Crippen LogP contribution in [0.1, 0.15) is 11.4 Å². The smallest absolute Gasteiger partial charge is 0.266 e. The van der Waals surface area contributed by atoms with E-state index in [1.54, 1.807) is 23.0 Å². The quantitative estimate of drug-likeness (QED) is 0.704. The second kappa shape index (κ2) is 5.82. The van der Waals surface area contributed by atoms with Crippen molar-refractivity contribution in [2.75, 3.05) is 18.0 Å². The van der Waals surface area contributed by atoms with Crippen LogP contribution in [-0.2, 0) is 6.54 Å². The van der Waals surface area contributed by atoms with E-state index < -0.39 is 0 Å². The molecule has 4 heterocycles. The van der Waals surface area contributed by atoms with Crippen molar-refractivity contribution in [1.82, 2.24) is 28.3 Å². The van der Waals surface area contributed by atoms with Crippen LogP contribution in [0.3, 0.4) is 0 Å². The van der Waals surface area contributed by atoms with Gasteiger partial charge in [0.15, 0.2) is 11.6 Å². The average Bonchev–Trinajstić information content (AvgIpc) is 3.14. The van der Waals surface area contributed by atoms with Crippen LogP contribution in [0.5, 0.6) is 0 Å². The maximum Gasteiger partial charge on any atom is 0.266 e. The molecule has 3 aromatic heterocycles. The molecule has 1 saturated heterocycles. The third kappa shape index (κ3) is 2.71. The van der Waals surface area contributed by atoms with Crippen LogP contribution < -0.4 is 10.5 Å². The molecule has 0 atom stereocenters. The van der Waals surface area contributed by atoms with Crippen LogP contribution in [0.25, 0.3) is 5.82 Å². The zero-order valence-electron chi connectivity index (χ0n) is 13.5. The second-order valence-corrected chi connectivity index (χ2v) is 6.64. The molecule has 1 fully saturated rings. The molecule has 0 N–H and O–H groups in total. The van der Waals surface area contributed by atoms with E-state index in [9.17, 15) is 4.79 Å². The first-order valence-corrected chi connectivity index (χ1v) is 8.47. The van der Waals surface area contributed by atoms with Gasteiger partial charge >= 0.3 is 0 Å². The minimum atomic E-state index is -0.0888. The molecule has 0 aromatic carbocycles. The summed E-state index contributed by atoms with van der Waals surface area (Å²) in [5.41, 5.74) is 1.84. The Bertz CT molecular complexity index is 908. The largest absolute Gasteiger partial charge is 0.354 e. The van der Waals surface area contributed by atoms with Gasteiger partial charge in [0.25, 0.3) is 5.56 Å². The van der Waals surface area contributed by atoms with Crippen molar-refractivity contribution in [2.24, 2.45) is 5.92 Å². The van der Waals surface area contributed by atoms with Crippen LogP contribution in [-0.4, -0.2) is 41.4 Å². The zero-order chi connectivity index (χ0) is 16.7. The third-order valence-corrected chi connectivity index (χ3v) is 4.61. The van der Waals surface area contributed by atoms with Crippen LogP contribution in [0.15, 0.2) is 29.2 Å². The number of hydrogen-bond acceptors (Lipinski definition) is 7. The normalized spacial score (nSPS) is 14.8. The average molecular weight is 343 g/mol. The van der Waals surface area contributed by atoms with Crippen molar-refractivity contribution < 1.29 is 0 Å². The molecule has 0 aliphatic carbocycles. The van der Waals surface area contributed by atoms with Gasteiger partial charge in [-0.15, -0.1) is 5.10 Å². The van der Waals surface area contributed by atoms with Crippen LogP contribution in [0, 0.1) is 19.8 Å². The highest BCUT2D eigenvalue weighted by atomic mass is 32.1. The number of nitrogens with zero attached hydrogens (tertiary/aromatic N) is 7. The topological polar surface area (TPSA) is 81.7 Å². The lowest BCUT2D eigenvalue weighted by Gasteiger charge is -2.39. The van der Waals surface area contributed by atoms with Crippen molar-refractivity contribution in [3.63, 3.8) is 0 Å². The van der Waals surface area contributed by atoms with Crippen molar-refractivity contribution in [2.45, 2.75) is 20.4 Å². The summed E-state index contributed by atoms with van der Waals surface area (Å²) in [5.74, 6) is 1.96. The summed E-state index contributed by atoms with van der Waals surface area (Å²) < 4.78 is 11.5. The number of aryl methyl sites for hydroxylation is 2. The fourth-order valence-corrected chi connectivity index (χ4v) is 3.39. The van der Waals surface area contributed by atoms with Crippen LogP contribution in [0.2, 0.25) is 0 Å². The van der Waals surface area contributed by atoms with Gasteiger partial charge in [0.05, 0.1) is 30.2 Å². The molecule has 9 heteroatoms. The van der Waals surface area contributed by atoms with E-state index in [-0.39, 0.29) is 5.56 Å². The minimum Gasteiger partial charge on any atom is -0.354 e. The summed E-state index contributed by atoms with van der Waals surface area (Å²) in [7, 11) is 0. The highest BCUT2D eigenvalue weighted by Crippen LogP contribution is 2.23. The van der Waals surface area contributed by atoms with E-state index >= 15 is 0 Å². The Labute approximate surface area is 142 Å². The van der Waals surface area contributed by atoms with E-state index in [1.165, 1.54) is 16.4 Å². The van der Waals surface area contributed by atoms with Crippen LogP contribution in [0.4, 0.5) is 5.82 Å². The van der Waals surface area contributed by atoms with Gasteiger partial charge in [-0.2, -0.15) is 13.8 Å². The van der Waals surface area contributed by atoms with E-state index in [0.717, 1.165) is 30.3 Å². The van der Waals surface area contributed by atoms with E-state index in [4.69, 9.17) is 0 Å². The molecule has 0 amide bonds. The Hall–Kier alpha value is -2.55. The number of aromatic nitrogens is 6. The molecular weight excluding hydrogens is 326 g/mol. The lowest BCUT2D eigenvalue weighted by atomic mass is 10.0. The Morgan fingerprint density at radius 1 is 1.21 bits per heavy atom. The molecule has 1 aliphatic heterocycles. The Morgan fingerprint density at radius 3 is 2.71 bits per heavy atom. The lowest BCUT2D eigenvalue weighted by Crippen LogP contribution is -2.49. The fraction of sp³-hybridized carbons (Fsp3) is 0.400. The first-order valence-electron chi connectivity index (χ1n) is 7.74. The highest BCUT2D eigenvalue weighted by Gasteiger charge is 2.29. The standard InChI is InChI=1S/C15H17N7OS/c1-10-5-11(2)22(17-10)13-3-4-15(23)21(18-13)9-12-7-20(8-12)14-6-16-24-19-14/h3-6,12H,7-9H2,1-2H3. The molecule has 0 bridgehead atoms. The molecule has 124 valence electrons. The van der Waals surface area contributed by atoms with E-state index in [2.05, 4.69) is 23.8 Å². The lowest BCUT2D eigenvalue weighted by molar-refractivity contribution is 0.332. The summed E-state index contributed by atoms with van der Waals surface area (Å²) in [6.45, 7) is 6.24. The SMILES string of the molecule is Cc1cc(C)n(-c2ccc(=O)n(CC3CN(c4cnsn4)C3)n2)n1. The maximum atomic E-state index is 12.1. The molecule has 4 rings (SSSR count). The molecule has 0 radical (unpaired) electrons. The predicted octanol–water partition coefficient (Wildman–Crippen LogP) is 1.03. The Morgan fingerprint density at radius 2 is 2.04 bits per heavy atom. The van der Waals surface area contributed by atoms with Crippen LogP contribution >= 0.6 is 11.7 Å². The second-order valence-electron chi connectivity index (χ2n) is 6.09. The number of anilines is 1. The van der Waals surface area contributed by atoms with Crippen molar-refractivity contribution in [3.05, 3.63) is 46.1 Å². The van der Waals surface area contributed by atoms with Gasteiger partial charge in [-0.05, 0) is 26.0 Å². The van der Waals surface area contributed by atoms with Gasteiger partial charge in [-0.1, -0.05) is 0 Å². The molecule has 0 unspecified atom stereocenters. The summed E-state index contributed by atoms with van der Waals surface area (Å²) >= 11 is 1.21. The predicted molar refractivity (Wildman–Crippen MR) is 90.7 cm³/mol. The zero-order valence-corrected chi connectivity index (χ0v) is 14.3. The molecule has 3 aromatic rings. The van der Waals surface area contributed by atoms with Gasteiger partial charge in [0, 0.05) is 30.8 Å². The molecule has 8 nitrogen and oxygen atoms in total. The van der Waals surface area contributed by atoms with Gasteiger partial charge in [-0.3, -0.25) is 4.79 Å². The van der Waals surface area contributed by atoms with Gasteiger partial charge < -0.3 is 4.90 Å². The summed E-state index contributed by atoms with van der Waals surface area (Å²) in [5, 5.41) is 8.91. The molecule has 0 saturated carbocycles. The monoisotopic (exact) mass is 343 g/mol. The molecular formula is C15H17N7OS. The number of hydrogen-bond donors (Lipinski definition) is 0. The third-order valence-electron chi connectivity index (χ3n) is 4.14. The van der Waals surface area contributed by atoms with Crippen molar-refractivity contribution in [1.29, 1.82) is 0 Å². The number of rotatable bonds is 4. The Balaban J connectivity index is 1.51. The fourth-order valence-electron chi connectivity index (χ4n) is 2.96. The first-order chi connectivity index (χ1) is 11.6. The van der Waals surface area contributed by atoms with Gasteiger partial charge in [0.2, 0.25) is 0 Å². The maximum absolute atomic E-state index is 12.1. The minimum absolute atomic E-state index is 0.0888. The van der Waals surface area contributed by atoms with E-state index in [0.29, 0.717) is 18.3 Å². The summed E-state index contributed by atoms with van der Waals surface area (Å²) in [4.78, 5) is 14.3. The molecule has 1 aliphatic rings. The first kappa shape index (κ1) is 15.0.